The lowest BCUT2D eigenvalue weighted by Crippen LogP contribution is -2.50. The summed E-state index contributed by atoms with van der Waals surface area (Å²) in [5.41, 5.74) is 0.108. The summed E-state index contributed by atoms with van der Waals surface area (Å²) in [6.07, 6.45) is -0.125. The molecule has 1 unspecified atom stereocenters. The van der Waals surface area contributed by atoms with Gasteiger partial charge in [-0.05, 0) is 76.1 Å². The number of benzene rings is 2. The van der Waals surface area contributed by atoms with Crippen molar-refractivity contribution in [1.82, 2.24) is 0 Å². The lowest BCUT2D eigenvalue weighted by molar-refractivity contribution is -0.187. The highest BCUT2D eigenvalue weighted by Gasteiger charge is 2.55. The van der Waals surface area contributed by atoms with Gasteiger partial charge in [0.1, 0.15) is 11.2 Å². The molecule has 0 amide bonds. The van der Waals surface area contributed by atoms with E-state index in [1.54, 1.807) is 41.5 Å². The predicted octanol–water partition coefficient (Wildman–Crippen LogP) is 5.53. The average molecular weight is 467 g/mol. The molecule has 3 rings (SSSR count). The molecule has 182 valence electrons. The van der Waals surface area contributed by atoms with Crippen LogP contribution in [-0.4, -0.2) is 34.2 Å². The zero-order valence-corrected chi connectivity index (χ0v) is 20.8. The van der Waals surface area contributed by atoms with Crippen LogP contribution >= 0.6 is 0 Å². The van der Waals surface area contributed by atoms with Gasteiger partial charge in [-0.1, -0.05) is 48.5 Å². The molecular weight excluding hydrogens is 432 g/mol. The Bertz CT molecular complexity index is 1040. The van der Waals surface area contributed by atoms with Crippen molar-refractivity contribution < 1.29 is 29.0 Å². The van der Waals surface area contributed by atoms with Crippen molar-refractivity contribution in [2.24, 2.45) is 5.41 Å². The Balaban J connectivity index is 2.23. The van der Waals surface area contributed by atoms with Crippen molar-refractivity contribution in [1.29, 1.82) is 0 Å². The molecule has 1 aliphatic carbocycles. The summed E-state index contributed by atoms with van der Waals surface area (Å²) < 4.78 is 11.5. The lowest BCUT2D eigenvalue weighted by Gasteiger charge is -2.41. The largest absolute Gasteiger partial charge is 0.481 e. The number of hydrogen-bond donors (Lipinski definition) is 1. The van der Waals surface area contributed by atoms with Crippen LogP contribution in [0.5, 0.6) is 0 Å². The SMILES string of the molecule is CC(C)(C)OC(=O)C1(C(=O)OC(C)(C)C)Cc2c(-c3ccccc3)cccc2C(CC(=O)O)C1. The first kappa shape index (κ1) is 25.5. The minimum Gasteiger partial charge on any atom is -0.481 e. The van der Waals surface area contributed by atoms with Gasteiger partial charge in [0.15, 0.2) is 5.41 Å². The molecule has 0 bridgehead atoms. The molecule has 0 heterocycles. The van der Waals surface area contributed by atoms with E-state index in [1.165, 1.54) is 0 Å². The fraction of sp³-hybridized carbons (Fsp3) is 0.464. The van der Waals surface area contributed by atoms with Gasteiger partial charge in [0, 0.05) is 6.42 Å². The first-order chi connectivity index (χ1) is 15.7. The topological polar surface area (TPSA) is 89.9 Å². The van der Waals surface area contributed by atoms with E-state index in [1.807, 2.05) is 48.5 Å². The van der Waals surface area contributed by atoms with E-state index in [-0.39, 0.29) is 19.3 Å². The quantitative estimate of drug-likeness (QED) is 0.460. The fourth-order valence-electron chi connectivity index (χ4n) is 4.52. The number of carbonyl (C=O) groups is 3. The van der Waals surface area contributed by atoms with Crippen molar-refractivity contribution in [3.05, 3.63) is 59.7 Å². The number of carboxylic acid groups (broad SMARTS) is 1. The molecule has 0 aliphatic heterocycles. The molecule has 2 aromatic carbocycles. The number of esters is 2. The third-order valence-electron chi connectivity index (χ3n) is 5.81. The van der Waals surface area contributed by atoms with Crippen LogP contribution in [0.25, 0.3) is 11.1 Å². The molecule has 2 aromatic rings. The van der Waals surface area contributed by atoms with Crippen molar-refractivity contribution in [2.75, 3.05) is 0 Å². The molecular formula is C28H34O6. The maximum Gasteiger partial charge on any atom is 0.324 e. The highest BCUT2D eigenvalue weighted by Crippen LogP contribution is 2.49. The number of ether oxygens (including phenoxy) is 2. The summed E-state index contributed by atoms with van der Waals surface area (Å²) in [6, 6.07) is 15.4. The van der Waals surface area contributed by atoms with Crippen LogP contribution in [0.3, 0.4) is 0 Å². The van der Waals surface area contributed by atoms with Crippen LogP contribution in [0.2, 0.25) is 0 Å². The number of carboxylic acids is 1. The third kappa shape index (κ3) is 5.66. The molecule has 1 atom stereocenters. The molecule has 0 saturated carbocycles. The molecule has 34 heavy (non-hydrogen) atoms. The molecule has 0 radical (unpaired) electrons. The Morgan fingerprint density at radius 2 is 1.44 bits per heavy atom. The van der Waals surface area contributed by atoms with E-state index in [0.29, 0.717) is 0 Å². The van der Waals surface area contributed by atoms with Crippen LogP contribution in [0, 0.1) is 5.41 Å². The summed E-state index contributed by atoms with van der Waals surface area (Å²) in [7, 11) is 0. The summed E-state index contributed by atoms with van der Waals surface area (Å²) in [5.74, 6) is -2.91. The minimum absolute atomic E-state index is 0.00830. The normalized spacial score (nSPS) is 17.4. The predicted molar refractivity (Wildman–Crippen MR) is 129 cm³/mol. The van der Waals surface area contributed by atoms with Crippen LogP contribution in [-0.2, 0) is 30.3 Å². The van der Waals surface area contributed by atoms with Gasteiger partial charge in [-0.2, -0.15) is 0 Å². The van der Waals surface area contributed by atoms with Gasteiger partial charge < -0.3 is 14.6 Å². The molecule has 0 aromatic heterocycles. The van der Waals surface area contributed by atoms with Crippen molar-refractivity contribution in [3.8, 4) is 11.1 Å². The Labute approximate surface area is 201 Å². The van der Waals surface area contributed by atoms with Gasteiger partial charge >= 0.3 is 17.9 Å². The highest BCUT2D eigenvalue weighted by atomic mass is 16.6. The fourth-order valence-corrected chi connectivity index (χ4v) is 4.52. The zero-order valence-electron chi connectivity index (χ0n) is 20.8. The summed E-state index contributed by atoms with van der Waals surface area (Å²) in [4.78, 5) is 39.2. The Morgan fingerprint density at radius 3 is 1.94 bits per heavy atom. The van der Waals surface area contributed by atoms with E-state index in [2.05, 4.69) is 0 Å². The first-order valence-electron chi connectivity index (χ1n) is 11.6. The third-order valence-corrected chi connectivity index (χ3v) is 5.81. The van der Waals surface area contributed by atoms with Crippen LogP contribution < -0.4 is 0 Å². The summed E-state index contributed by atoms with van der Waals surface area (Å²) >= 11 is 0. The van der Waals surface area contributed by atoms with E-state index < -0.39 is 40.4 Å². The number of aliphatic carboxylic acids is 1. The van der Waals surface area contributed by atoms with E-state index in [0.717, 1.165) is 22.3 Å². The molecule has 0 saturated heterocycles. The van der Waals surface area contributed by atoms with Gasteiger partial charge in [0.25, 0.3) is 0 Å². The monoisotopic (exact) mass is 466 g/mol. The summed E-state index contributed by atoms with van der Waals surface area (Å²) in [6.45, 7) is 10.5. The van der Waals surface area contributed by atoms with Crippen molar-refractivity contribution in [2.45, 2.75) is 77.9 Å². The molecule has 1 N–H and O–H groups in total. The molecule has 6 nitrogen and oxygen atoms in total. The molecule has 0 fully saturated rings. The van der Waals surface area contributed by atoms with Gasteiger partial charge in [0.2, 0.25) is 0 Å². The van der Waals surface area contributed by atoms with E-state index >= 15 is 0 Å². The zero-order chi connectivity index (χ0) is 25.3. The van der Waals surface area contributed by atoms with Crippen LogP contribution in [0.15, 0.2) is 48.5 Å². The molecule has 6 heteroatoms. The Morgan fingerprint density at radius 1 is 0.882 bits per heavy atom. The summed E-state index contributed by atoms with van der Waals surface area (Å²) in [5, 5.41) is 9.67. The van der Waals surface area contributed by atoms with Gasteiger partial charge in [-0.15, -0.1) is 0 Å². The standard InChI is InChI=1S/C28H34O6/c1-26(2,3)33-24(31)28(25(32)34-27(4,5)6)16-19(15-23(29)30)21-14-10-13-20(22(21)17-28)18-11-8-7-9-12-18/h7-14,19H,15-17H2,1-6H3,(H,29,30). The van der Waals surface area contributed by atoms with Crippen molar-refractivity contribution >= 4 is 17.9 Å². The minimum atomic E-state index is -1.65. The number of fused-ring (bicyclic) bond motifs is 1. The van der Waals surface area contributed by atoms with Crippen molar-refractivity contribution in [3.63, 3.8) is 0 Å². The van der Waals surface area contributed by atoms with Crippen LogP contribution in [0.4, 0.5) is 0 Å². The number of hydrogen-bond acceptors (Lipinski definition) is 5. The second-order valence-electron chi connectivity index (χ2n) is 11.0. The Kier molecular flexibility index (Phi) is 6.92. The maximum atomic E-state index is 13.7. The average Bonchev–Trinajstić information content (AvgIpc) is 2.71. The number of rotatable bonds is 5. The van der Waals surface area contributed by atoms with Gasteiger partial charge in [0.05, 0.1) is 6.42 Å². The van der Waals surface area contributed by atoms with Gasteiger partial charge in [-0.25, -0.2) is 0 Å². The Hall–Kier alpha value is -3.15. The molecule has 0 spiro atoms. The lowest BCUT2D eigenvalue weighted by atomic mass is 9.64. The molecule has 1 aliphatic rings. The highest BCUT2D eigenvalue weighted by molar-refractivity contribution is 6.01. The maximum absolute atomic E-state index is 13.7. The van der Waals surface area contributed by atoms with E-state index in [4.69, 9.17) is 9.47 Å². The number of carbonyl (C=O) groups excluding carboxylic acids is 2. The second kappa shape index (κ2) is 9.24. The van der Waals surface area contributed by atoms with Gasteiger partial charge in [-0.3, -0.25) is 14.4 Å². The first-order valence-corrected chi connectivity index (χ1v) is 11.6. The smallest absolute Gasteiger partial charge is 0.324 e. The van der Waals surface area contributed by atoms with E-state index in [9.17, 15) is 19.5 Å². The van der Waals surface area contributed by atoms with Crippen LogP contribution in [0.1, 0.15) is 71.4 Å². The second-order valence-corrected chi connectivity index (χ2v) is 11.0.